The number of piperidine rings is 1. The zero-order chi connectivity index (χ0) is 16.2. The van der Waals surface area contributed by atoms with Crippen molar-refractivity contribution in [3.05, 3.63) is 47.1 Å². The van der Waals surface area contributed by atoms with Crippen LogP contribution in [0.1, 0.15) is 40.2 Å². The van der Waals surface area contributed by atoms with Crippen LogP contribution in [0.25, 0.3) is 0 Å². The monoisotopic (exact) mass is 314 g/mol. The van der Waals surface area contributed by atoms with Crippen LogP contribution < -0.4 is 5.32 Å². The molecular formula is C17H22N4O2. The molecule has 23 heavy (non-hydrogen) atoms. The molecule has 0 atom stereocenters. The van der Waals surface area contributed by atoms with E-state index in [9.17, 15) is 4.79 Å². The van der Waals surface area contributed by atoms with Gasteiger partial charge in [-0.3, -0.25) is 14.7 Å². The molecule has 122 valence electrons. The molecule has 1 saturated heterocycles. The summed E-state index contributed by atoms with van der Waals surface area (Å²) in [6.07, 6.45) is 5.18. The van der Waals surface area contributed by atoms with Crippen LogP contribution in [0.5, 0.6) is 0 Å². The number of nitrogens with one attached hydrogen (secondary N) is 1. The van der Waals surface area contributed by atoms with E-state index in [4.69, 9.17) is 4.52 Å². The summed E-state index contributed by atoms with van der Waals surface area (Å²) < 4.78 is 5.22. The van der Waals surface area contributed by atoms with Crippen molar-refractivity contribution in [1.82, 2.24) is 20.4 Å². The highest BCUT2D eigenvalue weighted by molar-refractivity contribution is 5.93. The summed E-state index contributed by atoms with van der Waals surface area (Å²) >= 11 is 0. The van der Waals surface area contributed by atoms with Gasteiger partial charge in [0.2, 0.25) is 0 Å². The predicted octanol–water partition coefficient (Wildman–Crippen LogP) is 2.08. The molecule has 1 aliphatic heterocycles. The second kappa shape index (κ2) is 6.91. The molecular weight excluding hydrogens is 292 g/mol. The van der Waals surface area contributed by atoms with Gasteiger partial charge >= 0.3 is 0 Å². The maximum absolute atomic E-state index is 12.2. The van der Waals surface area contributed by atoms with Gasteiger partial charge in [-0.2, -0.15) is 0 Å². The molecule has 6 heteroatoms. The van der Waals surface area contributed by atoms with E-state index >= 15 is 0 Å². The molecule has 0 bridgehead atoms. The van der Waals surface area contributed by atoms with Crippen molar-refractivity contribution in [1.29, 1.82) is 0 Å². The summed E-state index contributed by atoms with van der Waals surface area (Å²) in [7, 11) is 0. The van der Waals surface area contributed by atoms with E-state index in [2.05, 4.69) is 20.4 Å². The number of likely N-dealkylation sites (tertiary alicyclic amines) is 1. The molecule has 0 aliphatic carbocycles. The van der Waals surface area contributed by atoms with Gasteiger partial charge < -0.3 is 9.84 Å². The fourth-order valence-corrected chi connectivity index (χ4v) is 2.95. The quantitative estimate of drug-likeness (QED) is 0.935. The van der Waals surface area contributed by atoms with E-state index in [1.54, 1.807) is 24.5 Å². The van der Waals surface area contributed by atoms with Gasteiger partial charge in [-0.05, 0) is 38.8 Å². The summed E-state index contributed by atoms with van der Waals surface area (Å²) in [6.45, 7) is 6.72. The lowest BCUT2D eigenvalue weighted by atomic mass is 10.0. The Kier molecular flexibility index (Phi) is 4.71. The third-order valence-electron chi connectivity index (χ3n) is 4.41. The fraction of sp³-hybridized carbons (Fsp3) is 0.471. The van der Waals surface area contributed by atoms with Crippen molar-refractivity contribution >= 4 is 5.91 Å². The van der Waals surface area contributed by atoms with Gasteiger partial charge in [0.15, 0.2) is 0 Å². The van der Waals surface area contributed by atoms with Gasteiger partial charge in [0, 0.05) is 43.6 Å². The minimum atomic E-state index is -0.0396. The maximum atomic E-state index is 12.2. The average Bonchev–Trinajstić information content (AvgIpc) is 2.89. The number of aryl methyl sites for hydroxylation is 2. The summed E-state index contributed by atoms with van der Waals surface area (Å²) in [5.41, 5.74) is 2.77. The first kappa shape index (κ1) is 15.7. The topological polar surface area (TPSA) is 71.3 Å². The van der Waals surface area contributed by atoms with E-state index in [1.165, 1.54) is 5.56 Å². The zero-order valence-electron chi connectivity index (χ0n) is 13.6. The highest BCUT2D eigenvalue weighted by atomic mass is 16.5. The Morgan fingerprint density at radius 3 is 2.78 bits per heavy atom. The molecule has 1 fully saturated rings. The van der Waals surface area contributed by atoms with Crippen LogP contribution in [0.3, 0.4) is 0 Å². The van der Waals surface area contributed by atoms with Gasteiger partial charge in [-0.15, -0.1) is 0 Å². The van der Waals surface area contributed by atoms with Crippen LogP contribution in [0, 0.1) is 13.8 Å². The molecule has 0 aromatic carbocycles. The number of aromatic nitrogens is 2. The third-order valence-corrected chi connectivity index (χ3v) is 4.41. The molecule has 3 rings (SSSR count). The normalized spacial score (nSPS) is 16.4. The van der Waals surface area contributed by atoms with E-state index in [0.717, 1.165) is 43.9 Å². The van der Waals surface area contributed by atoms with Crippen LogP contribution in [0.2, 0.25) is 0 Å². The largest absolute Gasteiger partial charge is 0.361 e. The Labute approximate surface area is 135 Å². The summed E-state index contributed by atoms with van der Waals surface area (Å²) in [5, 5.41) is 7.11. The maximum Gasteiger partial charge on any atom is 0.253 e. The van der Waals surface area contributed by atoms with E-state index in [1.807, 2.05) is 13.8 Å². The minimum Gasteiger partial charge on any atom is -0.361 e. The molecule has 1 aliphatic rings. The van der Waals surface area contributed by atoms with Gasteiger partial charge in [0.05, 0.1) is 11.3 Å². The highest BCUT2D eigenvalue weighted by Crippen LogP contribution is 2.18. The second-order valence-corrected chi connectivity index (χ2v) is 6.07. The Hall–Kier alpha value is -2.21. The van der Waals surface area contributed by atoms with E-state index < -0.39 is 0 Å². The lowest BCUT2D eigenvalue weighted by molar-refractivity contribution is 0.0908. The van der Waals surface area contributed by atoms with E-state index in [-0.39, 0.29) is 11.9 Å². The first-order chi connectivity index (χ1) is 11.1. The standard InChI is InChI=1S/C17H22N4O2/c1-12-16(13(2)23-20-12)11-21-8-5-15(6-9-21)19-17(22)14-4-3-7-18-10-14/h3-4,7,10,15H,5-6,8-9,11H2,1-2H3,(H,19,22). The molecule has 3 heterocycles. The number of nitrogens with zero attached hydrogens (tertiary/aromatic N) is 3. The van der Waals surface area contributed by atoms with Gasteiger partial charge in [0.1, 0.15) is 5.76 Å². The second-order valence-electron chi connectivity index (χ2n) is 6.07. The number of amides is 1. The Balaban J connectivity index is 1.50. The van der Waals surface area contributed by atoms with Crippen LogP contribution in [-0.2, 0) is 6.54 Å². The van der Waals surface area contributed by atoms with Crippen molar-refractivity contribution in [2.45, 2.75) is 39.3 Å². The minimum absolute atomic E-state index is 0.0396. The Bertz CT molecular complexity index is 641. The van der Waals surface area contributed by atoms with E-state index in [0.29, 0.717) is 5.56 Å². The predicted molar refractivity (Wildman–Crippen MR) is 86.0 cm³/mol. The lowest BCUT2D eigenvalue weighted by Crippen LogP contribution is -2.44. The lowest BCUT2D eigenvalue weighted by Gasteiger charge is -2.32. The molecule has 0 saturated carbocycles. The first-order valence-electron chi connectivity index (χ1n) is 7.98. The van der Waals surface area contributed by atoms with Gasteiger partial charge in [-0.25, -0.2) is 0 Å². The van der Waals surface area contributed by atoms with Gasteiger partial charge in [0.25, 0.3) is 5.91 Å². The number of carbonyl (C=O) groups excluding carboxylic acids is 1. The zero-order valence-corrected chi connectivity index (χ0v) is 13.6. The smallest absolute Gasteiger partial charge is 0.253 e. The summed E-state index contributed by atoms with van der Waals surface area (Å²) in [6, 6.07) is 3.79. The molecule has 2 aromatic rings. The fourth-order valence-electron chi connectivity index (χ4n) is 2.95. The Morgan fingerprint density at radius 2 is 2.17 bits per heavy atom. The van der Waals surface area contributed by atoms with Crippen molar-refractivity contribution in [2.24, 2.45) is 0 Å². The third kappa shape index (κ3) is 3.76. The van der Waals surface area contributed by atoms with Crippen LogP contribution >= 0.6 is 0 Å². The van der Waals surface area contributed by atoms with Gasteiger partial charge in [-0.1, -0.05) is 5.16 Å². The molecule has 0 radical (unpaired) electrons. The Morgan fingerprint density at radius 1 is 1.39 bits per heavy atom. The van der Waals surface area contributed by atoms with Crippen LogP contribution in [0.15, 0.2) is 29.0 Å². The van der Waals surface area contributed by atoms with Crippen LogP contribution in [0.4, 0.5) is 0 Å². The summed E-state index contributed by atoms with van der Waals surface area (Å²) in [4.78, 5) is 18.5. The SMILES string of the molecule is Cc1noc(C)c1CN1CCC(NC(=O)c2cccnc2)CC1. The van der Waals surface area contributed by atoms with Crippen molar-refractivity contribution in [2.75, 3.05) is 13.1 Å². The number of rotatable bonds is 4. The van der Waals surface area contributed by atoms with Crippen molar-refractivity contribution in [3.8, 4) is 0 Å². The number of hydrogen-bond donors (Lipinski definition) is 1. The molecule has 6 nitrogen and oxygen atoms in total. The van der Waals surface area contributed by atoms with Crippen molar-refractivity contribution in [3.63, 3.8) is 0 Å². The molecule has 1 N–H and O–H groups in total. The molecule has 0 spiro atoms. The number of pyridine rings is 1. The molecule has 1 amide bonds. The van der Waals surface area contributed by atoms with Crippen molar-refractivity contribution < 1.29 is 9.32 Å². The number of carbonyl (C=O) groups is 1. The molecule has 0 unspecified atom stereocenters. The number of hydrogen-bond acceptors (Lipinski definition) is 5. The average molecular weight is 314 g/mol. The molecule has 2 aromatic heterocycles. The first-order valence-corrected chi connectivity index (χ1v) is 7.98. The van der Waals surface area contributed by atoms with Crippen LogP contribution in [-0.4, -0.2) is 40.1 Å². The highest BCUT2D eigenvalue weighted by Gasteiger charge is 2.22. The summed E-state index contributed by atoms with van der Waals surface area (Å²) in [5.74, 6) is 0.858.